The maximum Gasteiger partial charge on any atom is 0.233 e. The third-order valence-corrected chi connectivity index (χ3v) is 5.71. The van der Waals surface area contributed by atoms with Gasteiger partial charge in [-0.2, -0.15) is 0 Å². The lowest BCUT2D eigenvalue weighted by Gasteiger charge is -2.33. The summed E-state index contributed by atoms with van der Waals surface area (Å²) >= 11 is 3.49. The van der Waals surface area contributed by atoms with Gasteiger partial charge in [0.05, 0.1) is 5.41 Å². The molecular weight excluding hydrogens is 330 g/mol. The molecule has 1 aromatic rings. The monoisotopic (exact) mass is 351 g/mol. The number of halogens is 1. The highest BCUT2D eigenvalue weighted by atomic mass is 79.9. The Hall–Kier alpha value is -0.870. The fourth-order valence-corrected chi connectivity index (χ4v) is 4.35. The van der Waals surface area contributed by atoms with E-state index in [1.165, 1.54) is 0 Å². The summed E-state index contributed by atoms with van der Waals surface area (Å²) in [6, 6.07) is 8.56. The van der Waals surface area contributed by atoms with Crippen molar-refractivity contribution in [2.24, 2.45) is 5.92 Å². The van der Waals surface area contributed by atoms with Crippen molar-refractivity contribution in [2.45, 2.75) is 50.6 Å². The number of carbonyl (C=O) groups is 1. The van der Waals surface area contributed by atoms with E-state index in [2.05, 4.69) is 20.8 Å². The number of hydrogen-bond acceptors (Lipinski definition) is 2. The van der Waals surface area contributed by atoms with E-state index < -0.39 is 5.41 Å². The van der Waals surface area contributed by atoms with Gasteiger partial charge in [-0.15, -0.1) is 0 Å². The first-order valence-corrected chi connectivity index (χ1v) is 8.44. The normalized spacial score (nSPS) is 28.2. The largest absolute Gasteiger partial charge is 0.396 e. The molecule has 3 nitrogen and oxygen atoms in total. The molecule has 2 aliphatic heterocycles. The van der Waals surface area contributed by atoms with Crippen LogP contribution in [0.2, 0.25) is 0 Å². The van der Waals surface area contributed by atoms with E-state index >= 15 is 0 Å². The van der Waals surface area contributed by atoms with Gasteiger partial charge in [0, 0.05) is 29.1 Å². The molecule has 2 saturated heterocycles. The Morgan fingerprint density at radius 3 is 2.81 bits per heavy atom. The average molecular weight is 352 g/mol. The Bertz CT molecular complexity index is 557. The predicted octanol–water partition coefficient (Wildman–Crippen LogP) is 3.10. The van der Waals surface area contributed by atoms with Crippen LogP contribution >= 0.6 is 15.9 Å². The topological polar surface area (TPSA) is 40.5 Å². The van der Waals surface area contributed by atoms with Crippen molar-refractivity contribution < 1.29 is 9.90 Å². The van der Waals surface area contributed by atoms with Crippen LogP contribution in [0.4, 0.5) is 0 Å². The molecule has 2 aliphatic rings. The molecule has 3 rings (SSSR count). The van der Waals surface area contributed by atoms with Crippen molar-refractivity contribution in [2.75, 3.05) is 6.61 Å². The van der Waals surface area contributed by atoms with Gasteiger partial charge in [0.1, 0.15) is 0 Å². The molecule has 1 N–H and O–H groups in total. The molecule has 114 valence electrons. The summed E-state index contributed by atoms with van der Waals surface area (Å²) in [6.07, 6.45) is 3.08. The van der Waals surface area contributed by atoms with Crippen LogP contribution in [-0.2, 0) is 10.2 Å². The Kier molecular flexibility index (Phi) is 3.87. The predicted molar refractivity (Wildman–Crippen MR) is 86.0 cm³/mol. The zero-order valence-corrected chi connectivity index (χ0v) is 14.1. The van der Waals surface area contributed by atoms with Crippen molar-refractivity contribution >= 4 is 21.8 Å². The fourth-order valence-electron chi connectivity index (χ4n) is 3.95. The Morgan fingerprint density at radius 1 is 1.43 bits per heavy atom. The van der Waals surface area contributed by atoms with E-state index in [0.717, 1.165) is 29.3 Å². The van der Waals surface area contributed by atoms with Crippen LogP contribution in [0.1, 0.15) is 38.7 Å². The van der Waals surface area contributed by atoms with Crippen LogP contribution < -0.4 is 0 Å². The van der Waals surface area contributed by atoms with Crippen LogP contribution in [0, 0.1) is 5.92 Å². The molecule has 0 aliphatic carbocycles. The minimum absolute atomic E-state index is 0.197. The number of hydrogen-bond donors (Lipinski definition) is 1. The van der Waals surface area contributed by atoms with E-state index in [1.807, 2.05) is 38.1 Å². The second-order valence-electron chi connectivity index (χ2n) is 6.82. The lowest BCUT2D eigenvalue weighted by molar-refractivity contribution is -0.137. The minimum Gasteiger partial charge on any atom is -0.396 e. The lowest BCUT2D eigenvalue weighted by atomic mass is 9.83. The first kappa shape index (κ1) is 15.0. The number of aliphatic hydroxyl groups excluding tert-OH is 1. The first-order chi connectivity index (χ1) is 9.95. The highest BCUT2D eigenvalue weighted by molar-refractivity contribution is 9.10. The summed E-state index contributed by atoms with van der Waals surface area (Å²) in [5.74, 6) is 0.468. The minimum atomic E-state index is -0.533. The van der Waals surface area contributed by atoms with E-state index in [4.69, 9.17) is 0 Å². The Labute approximate surface area is 134 Å². The molecule has 3 atom stereocenters. The van der Waals surface area contributed by atoms with Crippen LogP contribution in [0.5, 0.6) is 0 Å². The lowest BCUT2D eigenvalue weighted by Crippen LogP contribution is -2.46. The van der Waals surface area contributed by atoms with Crippen molar-refractivity contribution in [1.29, 1.82) is 0 Å². The van der Waals surface area contributed by atoms with Crippen molar-refractivity contribution in [3.63, 3.8) is 0 Å². The van der Waals surface area contributed by atoms with Gasteiger partial charge >= 0.3 is 0 Å². The number of aliphatic hydroxyl groups is 1. The molecule has 0 saturated carbocycles. The number of benzene rings is 1. The highest BCUT2D eigenvalue weighted by Gasteiger charge is 2.51. The summed E-state index contributed by atoms with van der Waals surface area (Å²) in [7, 11) is 0. The van der Waals surface area contributed by atoms with E-state index in [-0.39, 0.29) is 24.5 Å². The Morgan fingerprint density at radius 2 is 2.19 bits per heavy atom. The quantitative estimate of drug-likeness (QED) is 0.908. The third kappa shape index (κ3) is 2.42. The van der Waals surface area contributed by atoms with Crippen LogP contribution in [0.25, 0.3) is 0 Å². The molecule has 0 aromatic heterocycles. The average Bonchev–Trinajstić information content (AvgIpc) is 3.03. The van der Waals surface area contributed by atoms with E-state index in [1.54, 1.807) is 0 Å². The second-order valence-corrected chi connectivity index (χ2v) is 7.74. The van der Waals surface area contributed by atoms with Crippen molar-refractivity contribution in [3.05, 3.63) is 34.3 Å². The molecule has 0 spiro atoms. The highest BCUT2D eigenvalue weighted by Crippen LogP contribution is 2.44. The van der Waals surface area contributed by atoms with Gasteiger partial charge < -0.3 is 10.0 Å². The number of carbonyl (C=O) groups excluding carboxylic acids is 1. The summed E-state index contributed by atoms with van der Waals surface area (Å²) < 4.78 is 0.999. The molecule has 2 bridgehead atoms. The fraction of sp³-hybridized carbons (Fsp3) is 0.588. The molecule has 0 radical (unpaired) electrons. The first-order valence-electron chi connectivity index (χ1n) is 7.65. The number of nitrogens with zero attached hydrogens (tertiary/aromatic N) is 1. The number of amides is 1. The molecular formula is C17H22BrNO2. The molecule has 1 aromatic carbocycles. The Balaban J connectivity index is 1.88. The molecule has 2 heterocycles. The molecule has 2 fully saturated rings. The standard InChI is InChI=1S/C17H22BrNO2/c1-17(2,12-4-3-5-13(18)9-12)16(21)19-14-6-7-15(19)11(8-14)10-20/h3-5,9,11,14-15,20H,6-8,10H2,1-2H3. The van der Waals surface area contributed by atoms with Gasteiger partial charge in [0.15, 0.2) is 0 Å². The van der Waals surface area contributed by atoms with Crippen molar-refractivity contribution in [1.82, 2.24) is 4.90 Å². The summed E-state index contributed by atoms with van der Waals surface area (Å²) in [5.41, 5.74) is 0.503. The molecule has 21 heavy (non-hydrogen) atoms. The number of fused-ring (bicyclic) bond motifs is 2. The van der Waals surface area contributed by atoms with E-state index in [9.17, 15) is 9.90 Å². The molecule has 3 unspecified atom stereocenters. The van der Waals surface area contributed by atoms with Crippen molar-refractivity contribution in [3.8, 4) is 0 Å². The van der Waals surface area contributed by atoms with E-state index in [0.29, 0.717) is 6.04 Å². The van der Waals surface area contributed by atoms with Gasteiger partial charge in [0.2, 0.25) is 5.91 Å². The smallest absolute Gasteiger partial charge is 0.233 e. The zero-order chi connectivity index (χ0) is 15.2. The third-order valence-electron chi connectivity index (χ3n) is 5.22. The maximum absolute atomic E-state index is 13.1. The van der Waals surface area contributed by atoms with Gasteiger partial charge in [-0.05, 0) is 50.8 Å². The zero-order valence-electron chi connectivity index (χ0n) is 12.6. The van der Waals surface area contributed by atoms with Crippen LogP contribution in [0.3, 0.4) is 0 Å². The SMILES string of the molecule is CC(C)(C(=O)N1C2CCC1C(CO)C2)c1cccc(Br)c1. The second kappa shape index (κ2) is 5.40. The molecule has 4 heteroatoms. The molecule has 1 amide bonds. The van der Waals surface area contributed by atoms with Gasteiger partial charge in [0.25, 0.3) is 0 Å². The summed E-state index contributed by atoms with van der Waals surface area (Å²) in [5, 5.41) is 9.50. The summed E-state index contributed by atoms with van der Waals surface area (Å²) in [4.78, 5) is 15.2. The van der Waals surface area contributed by atoms with Gasteiger partial charge in [-0.1, -0.05) is 28.1 Å². The number of rotatable bonds is 3. The van der Waals surface area contributed by atoms with Crippen LogP contribution in [0.15, 0.2) is 28.7 Å². The van der Waals surface area contributed by atoms with Crippen LogP contribution in [-0.4, -0.2) is 34.6 Å². The maximum atomic E-state index is 13.1. The van der Waals surface area contributed by atoms with Gasteiger partial charge in [-0.25, -0.2) is 0 Å². The van der Waals surface area contributed by atoms with Gasteiger partial charge in [-0.3, -0.25) is 4.79 Å². The summed E-state index contributed by atoms with van der Waals surface area (Å²) in [6.45, 7) is 4.20.